The number of methoxy groups -OCH3 is 1. The quantitative estimate of drug-likeness (QED) is 0.0633. The number of rotatable bonds is 11. The Hall–Kier alpha value is -7.68. The van der Waals surface area contributed by atoms with Gasteiger partial charge in [0.25, 0.3) is 17.7 Å². The number of nitrogens with one attached hydrogen (secondary N) is 6. The van der Waals surface area contributed by atoms with E-state index in [2.05, 4.69) is 31.9 Å². The Morgan fingerprint density at radius 2 is 1.40 bits per heavy atom. The lowest BCUT2D eigenvalue weighted by molar-refractivity contribution is -0.142. The molecule has 4 atom stereocenters. The monoisotopic (exact) mass is 1300 g/mol. The number of hydrogen-bond donors (Lipinski definition) is 8. The fourth-order valence-corrected chi connectivity index (χ4v) is 15.9. The predicted octanol–water partition coefficient (Wildman–Crippen LogP) is 7.23. The molecular formula is C58H61N15O9S6. The number of aromatic nitrogens is 7. The second-order valence-electron chi connectivity index (χ2n) is 21.7. The van der Waals surface area contributed by atoms with E-state index in [1.807, 2.05) is 19.9 Å². The van der Waals surface area contributed by atoms with Gasteiger partial charge in [-0.15, -0.1) is 68.0 Å². The largest absolute Gasteiger partial charge is 0.386 e. The number of thiazole rings is 6. The first-order valence-electron chi connectivity index (χ1n) is 28.2. The van der Waals surface area contributed by atoms with Gasteiger partial charge in [0.05, 0.1) is 42.2 Å². The van der Waals surface area contributed by atoms with Crippen LogP contribution in [0.15, 0.2) is 64.0 Å². The number of carbonyl (C=O) groups is 7. The minimum absolute atomic E-state index is 0.000279. The topological polar surface area (TPSA) is 341 Å². The highest BCUT2D eigenvalue weighted by Crippen LogP contribution is 2.41. The summed E-state index contributed by atoms with van der Waals surface area (Å²) in [5, 5.41) is 38.4. The van der Waals surface area contributed by atoms with Gasteiger partial charge >= 0.3 is 0 Å². The number of amides is 7. The lowest BCUT2D eigenvalue weighted by Crippen LogP contribution is -2.59. The molecule has 458 valence electrons. The molecule has 2 aliphatic heterocycles. The van der Waals surface area contributed by atoms with Crippen LogP contribution in [-0.2, 0) is 30.5 Å². The van der Waals surface area contributed by atoms with Gasteiger partial charge in [0.1, 0.15) is 82.2 Å². The molecular weight excluding hydrogens is 1240 g/mol. The molecule has 24 nitrogen and oxygen atoms in total. The second-order valence-corrected chi connectivity index (χ2v) is 27.5. The van der Waals surface area contributed by atoms with Crippen LogP contribution in [0.1, 0.15) is 132 Å². The van der Waals surface area contributed by atoms with Gasteiger partial charge in [-0.25, -0.2) is 34.9 Å². The Bertz CT molecular complexity index is 3920. The van der Waals surface area contributed by atoms with Crippen molar-refractivity contribution in [3.8, 4) is 43.4 Å². The van der Waals surface area contributed by atoms with E-state index in [-0.39, 0.29) is 65.7 Å². The predicted molar refractivity (Wildman–Crippen MR) is 336 cm³/mol. The second kappa shape index (κ2) is 27.0. The zero-order valence-corrected chi connectivity index (χ0v) is 53.1. The normalized spacial score (nSPS) is 19.8. The summed E-state index contributed by atoms with van der Waals surface area (Å²) >= 11 is 7.26. The molecule has 0 unspecified atom stereocenters. The van der Waals surface area contributed by atoms with Crippen molar-refractivity contribution in [3.05, 3.63) is 111 Å². The fourth-order valence-electron chi connectivity index (χ4n) is 10.4. The number of ether oxygens (including phenoxy) is 1. The zero-order chi connectivity index (χ0) is 61.9. The lowest BCUT2D eigenvalue weighted by atomic mass is 9.80. The molecule has 0 radical (unpaired) electrons. The number of aliphatic hydroxyl groups is 1. The average molecular weight is 1300 g/mol. The van der Waals surface area contributed by atoms with Crippen LogP contribution >= 0.6 is 68.0 Å². The molecule has 2 fully saturated rings. The zero-order valence-electron chi connectivity index (χ0n) is 48.2. The summed E-state index contributed by atoms with van der Waals surface area (Å²) in [7, 11) is 2.95. The van der Waals surface area contributed by atoms with E-state index >= 15 is 0 Å². The molecule has 7 aromatic heterocycles. The van der Waals surface area contributed by atoms with Crippen molar-refractivity contribution in [1.82, 2.24) is 66.4 Å². The number of carbonyl (C=O) groups excluding carboxylic acids is 7. The van der Waals surface area contributed by atoms with Gasteiger partial charge in [-0.3, -0.25) is 33.6 Å². The highest BCUT2D eigenvalue weighted by Gasteiger charge is 2.37. The minimum Gasteiger partial charge on any atom is -0.386 e. The van der Waals surface area contributed by atoms with E-state index in [9.17, 15) is 38.7 Å². The molecule has 0 spiro atoms. The van der Waals surface area contributed by atoms with Crippen molar-refractivity contribution in [1.29, 1.82) is 0 Å². The third kappa shape index (κ3) is 13.6. The highest BCUT2D eigenvalue weighted by molar-refractivity contribution is 7.15. The standard InChI is InChI=1S/C58H61N15O9S6/c1-26(2)42-57-72-45(38(88-57)21-82-5)50(79)61-18-41(75)69-46(47(76)28-9-7-6-8-10-28)56-66-37(24-85-56)54-64-35(22-84-54)44-32(52-65-36(23-83-52)49(78)63-34(17-40(74)60-4)55-71-43(27(3)87-55)51(80)70-42)15-16-33(62-44)53-68-39(25-86-53)67-48(77)29-11-13-30(14-12-29)58(81)73-19-31(59)20-73/h6-10,15-16,22-26,29-31,34,42,46-47,76H,11-14,17-21,59H2,1-5H3,(H,60,74)(H,61,79)(H,63,78)(H,67,77)(H,69,75)(H,70,80)/t29?,30?,34-,42-,46-,47-/m0/s1. The molecule has 3 aliphatic rings. The van der Waals surface area contributed by atoms with Crippen LogP contribution in [0.4, 0.5) is 5.82 Å². The molecule has 30 heteroatoms. The van der Waals surface area contributed by atoms with Crippen molar-refractivity contribution in [3.63, 3.8) is 0 Å². The number of fused-ring (bicyclic) bond motifs is 14. The molecule has 9 N–H and O–H groups in total. The Morgan fingerprint density at radius 3 is 2.14 bits per heavy atom. The molecule has 11 rings (SSSR count). The first-order valence-corrected chi connectivity index (χ1v) is 33.3. The Kier molecular flexibility index (Phi) is 19.0. The maximum absolute atomic E-state index is 14.4. The van der Waals surface area contributed by atoms with E-state index in [4.69, 9.17) is 45.4 Å². The van der Waals surface area contributed by atoms with E-state index in [0.717, 1.165) is 11.3 Å². The van der Waals surface area contributed by atoms with Crippen molar-refractivity contribution < 1.29 is 43.4 Å². The van der Waals surface area contributed by atoms with Crippen LogP contribution in [0.3, 0.4) is 0 Å². The van der Waals surface area contributed by atoms with Crippen LogP contribution in [0.5, 0.6) is 0 Å². The van der Waals surface area contributed by atoms with Crippen LogP contribution in [0.25, 0.3) is 43.4 Å². The number of anilines is 1. The number of nitrogens with two attached hydrogens (primary N) is 1. The van der Waals surface area contributed by atoms with E-state index in [1.54, 1.807) is 69.7 Å². The first kappa shape index (κ1) is 61.9. The molecule has 1 saturated carbocycles. The number of pyridine rings is 1. The highest BCUT2D eigenvalue weighted by atomic mass is 32.1. The summed E-state index contributed by atoms with van der Waals surface area (Å²) in [6.07, 6.45) is 0.896. The number of aliphatic hydroxyl groups excluding tert-OH is 1. The Labute approximate surface area is 528 Å². The maximum atomic E-state index is 14.4. The Balaban J connectivity index is 0.936. The van der Waals surface area contributed by atoms with Gasteiger partial charge in [-0.05, 0) is 56.2 Å². The van der Waals surface area contributed by atoms with Crippen molar-refractivity contribution in [2.45, 2.75) is 89.8 Å². The van der Waals surface area contributed by atoms with E-state index in [1.165, 1.54) is 70.8 Å². The number of aryl methyl sites for hydroxylation is 1. The molecule has 1 aliphatic carbocycles. The summed E-state index contributed by atoms with van der Waals surface area (Å²) in [6.45, 7) is 6.12. The summed E-state index contributed by atoms with van der Waals surface area (Å²) < 4.78 is 5.46. The van der Waals surface area contributed by atoms with Gasteiger partial charge in [0.15, 0.2) is 0 Å². The number of benzene rings is 1. The third-order valence-corrected chi connectivity index (χ3v) is 20.9. The summed E-state index contributed by atoms with van der Waals surface area (Å²) in [5.74, 6) is -3.22. The van der Waals surface area contributed by atoms with Gasteiger partial charge in [-0.2, -0.15) is 0 Å². The molecule has 1 aromatic carbocycles. The van der Waals surface area contributed by atoms with Crippen molar-refractivity contribution >= 4 is 115 Å². The number of hydrogen-bond acceptors (Lipinski definition) is 23. The molecule has 8 aromatic rings. The summed E-state index contributed by atoms with van der Waals surface area (Å²) in [5.41, 5.74) is 8.72. The van der Waals surface area contributed by atoms with E-state index < -0.39 is 60.3 Å². The van der Waals surface area contributed by atoms with Crippen molar-refractivity contribution in [2.75, 3.05) is 39.1 Å². The van der Waals surface area contributed by atoms with Crippen LogP contribution < -0.4 is 37.6 Å². The van der Waals surface area contributed by atoms with Gasteiger partial charge < -0.3 is 52.4 Å². The SMILES string of the molecule is CNC(=O)C[C@@H]1NC(=O)c2csc(n2)-c2ccc(-c3nc(NC(=O)C4CCC(C(=O)N5CC(N)C5)CC4)cs3)nc2-c2csc(n2)-c2csc(n2)[C@H]([C@@H](O)c2ccccc2)NC(=O)CNC(=O)c2nc(sc2COC)[C@H](C(C)C)NC(=O)c2nc1sc2C. The lowest BCUT2D eigenvalue weighted by Gasteiger charge is -2.40. The summed E-state index contributed by atoms with van der Waals surface area (Å²) in [4.78, 5) is 133. The van der Waals surface area contributed by atoms with Gasteiger partial charge in [-0.1, -0.05) is 44.2 Å². The number of likely N-dealkylation sites (tertiary alicyclic amines) is 1. The minimum atomic E-state index is -1.28. The van der Waals surface area contributed by atoms with Crippen LogP contribution in [0, 0.1) is 24.7 Å². The van der Waals surface area contributed by atoms with Crippen molar-refractivity contribution in [2.24, 2.45) is 23.5 Å². The molecule has 10 bridgehead atoms. The van der Waals surface area contributed by atoms with Gasteiger partial charge in [0.2, 0.25) is 23.6 Å². The molecule has 9 heterocycles. The molecule has 88 heavy (non-hydrogen) atoms. The van der Waals surface area contributed by atoms with Crippen LogP contribution in [0.2, 0.25) is 0 Å². The summed E-state index contributed by atoms with van der Waals surface area (Å²) in [6, 6.07) is 9.60. The Morgan fingerprint density at radius 1 is 0.705 bits per heavy atom. The average Bonchev–Trinajstić information content (AvgIpc) is 1.89. The molecule has 7 amide bonds. The third-order valence-electron chi connectivity index (χ3n) is 15.2. The smallest absolute Gasteiger partial charge is 0.271 e. The number of nitrogens with zero attached hydrogens (tertiary/aromatic N) is 8. The maximum Gasteiger partial charge on any atom is 0.271 e. The molecule has 1 saturated heterocycles. The van der Waals surface area contributed by atoms with Crippen LogP contribution in [-0.4, -0.2) is 126 Å². The first-order chi connectivity index (χ1) is 42.4. The fraction of sp³-hybridized carbons (Fsp3) is 0.379. The van der Waals surface area contributed by atoms with E-state index in [0.29, 0.717) is 118 Å². The van der Waals surface area contributed by atoms with Gasteiger partial charge in [0, 0.05) is 77.1 Å².